The van der Waals surface area contributed by atoms with Gasteiger partial charge in [0.25, 0.3) is 0 Å². The van der Waals surface area contributed by atoms with Gasteiger partial charge in [0.2, 0.25) is 0 Å². The number of ether oxygens (including phenoxy) is 3. The third-order valence-electron chi connectivity index (χ3n) is 3.74. The fourth-order valence-electron chi connectivity index (χ4n) is 2.35. The Morgan fingerprint density at radius 2 is 1.76 bits per heavy atom. The standard InChI is InChI=1S/C19H26N2O4/c1-23-18-8-3-14(11-19(18)24-2)9-10-21-12-16(22)13-25-17-6-4-15(20)5-7-17/h3-8,11,16,21-22H,9-10,12-13,20H2,1-2H3. The van der Waals surface area contributed by atoms with Gasteiger partial charge in [-0.1, -0.05) is 6.07 Å². The van der Waals surface area contributed by atoms with Crippen molar-refractivity contribution in [2.24, 2.45) is 0 Å². The molecular weight excluding hydrogens is 320 g/mol. The fraction of sp³-hybridized carbons (Fsp3) is 0.368. The molecule has 0 aliphatic carbocycles. The maximum absolute atomic E-state index is 9.96. The smallest absolute Gasteiger partial charge is 0.160 e. The van der Waals surface area contributed by atoms with Gasteiger partial charge in [-0.2, -0.15) is 0 Å². The minimum Gasteiger partial charge on any atom is -0.493 e. The molecule has 136 valence electrons. The van der Waals surface area contributed by atoms with Crippen molar-refractivity contribution in [3.8, 4) is 17.2 Å². The van der Waals surface area contributed by atoms with Crippen molar-refractivity contribution < 1.29 is 19.3 Å². The predicted octanol–water partition coefficient (Wildman–Crippen LogP) is 1.86. The van der Waals surface area contributed by atoms with Crippen LogP contribution in [0.2, 0.25) is 0 Å². The van der Waals surface area contributed by atoms with Crippen molar-refractivity contribution in [2.75, 3.05) is 39.6 Å². The van der Waals surface area contributed by atoms with E-state index in [9.17, 15) is 5.11 Å². The SMILES string of the molecule is COc1ccc(CCNCC(O)COc2ccc(N)cc2)cc1OC. The quantitative estimate of drug-likeness (QED) is 0.450. The Kier molecular flexibility index (Phi) is 7.37. The first-order valence-electron chi connectivity index (χ1n) is 8.20. The summed E-state index contributed by atoms with van der Waals surface area (Å²) in [5.74, 6) is 2.13. The lowest BCUT2D eigenvalue weighted by Crippen LogP contribution is -2.32. The second-order valence-corrected chi connectivity index (χ2v) is 5.68. The summed E-state index contributed by atoms with van der Waals surface area (Å²) in [5.41, 5.74) is 7.44. The Balaban J connectivity index is 1.67. The van der Waals surface area contributed by atoms with E-state index >= 15 is 0 Å². The molecule has 0 aliphatic heterocycles. The average Bonchev–Trinajstić information content (AvgIpc) is 2.64. The summed E-state index contributed by atoms with van der Waals surface area (Å²) in [6.45, 7) is 1.43. The van der Waals surface area contributed by atoms with Crippen molar-refractivity contribution in [3.63, 3.8) is 0 Å². The van der Waals surface area contributed by atoms with E-state index in [2.05, 4.69) is 5.32 Å². The Morgan fingerprint density at radius 3 is 2.44 bits per heavy atom. The monoisotopic (exact) mass is 346 g/mol. The number of nitrogens with two attached hydrogens (primary N) is 1. The molecule has 6 heteroatoms. The van der Waals surface area contributed by atoms with Gasteiger partial charge in [-0.15, -0.1) is 0 Å². The second-order valence-electron chi connectivity index (χ2n) is 5.68. The highest BCUT2D eigenvalue weighted by molar-refractivity contribution is 5.43. The number of methoxy groups -OCH3 is 2. The molecular formula is C19H26N2O4. The van der Waals surface area contributed by atoms with Gasteiger partial charge in [0.1, 0.15) is 18.5 Å². The molecule has 0 radical (unpaired) electrons. The summed E-state index contributed by atoms with van der Waals surface area (Å²) in [7, 11) is 3.24. The van der Waals surface area contributed by atoms with E-state index in [-0.39, 0.29) is 6.61 Å². The molecule has 0 saturated heterocycles. The van der Waals surface area contributed by atoms with Gasteiger partial charge in [0.05, 0.1) is 14.2 Å². The summed E-state index contributed by atoms with van der Waals surface area (Å²) in [6, 6.07) is 13.0. The van der Waals surface area contributed by atoms with Crippen molar-refractivity contribution in [1.29, 1.82) is 0 Å². The van der Waals surface area contributed by atoms with Crippen LogP contribution in [0.4, 0.5) is 5.69 Å². The van der Waals surface area contributed by atoms with Crippen LogP contribution < -0.4 is 25.3 Å². The van der Waals surface area contributed by atoms with Crippen molar-refractivity contribution in [1.82, 2.24) is 5.32 Å². The topological polar surface area (TPSA) is 86.0 Å². The van der Waals surface area contributed by atoms with Crippen LogP contribution >= 0.6 is 0 Å². The zero-order chi connectivity index (χ0) is 18.1. The summed E-state index contributed by atoms with van der Waals surface area (Å²) < 4.78 is 16.0. The zero-order valence-electron chi connectivity index (χ0n) is 14.7. The van der Waals surface area contributed by atoms with Crippen LogP contribution in [0.3, 0.4) is 0 Å². The molecule has 0 bridgehead atoms. The molecule has 1 atom stereocenters. The Labute approximate surface area is 148 Å². The van der Waals surface area contributed by atoms with Crippen LogP contribution in [-0.2, 0) is 6.42 Å². The number of aliphatic hydroxyl groups is 1. The molecule has 0 fully saturated rings. The van der Waals surface area contributed by atoms with Crippen LogP contribution in [0.25, 0.3) is 0 Å². The van der Waals surface area contributed by atoms with Gasteiger partial charge >= 0.3 is 0 Å². The molecule has 0 aromatic heterocycles. The lowest BCUT2D eigenvalue weighted by atomic mass is 10.1. The molecule has 4 N–H and O–H groups in total. The van der Waals surface area contributed by atoms with Gasteiger partial charge < -0.3 is 30.4 Å². The van der Waals surface area contributed by atoms with Gasteiger partial charge in [-0.05, 0) is 54.9 Å². The van der Waals surface area contributed by atoms with E-state index in [1.54, 1.807) is 38.5 Å². The highest BCUT2D eigenvalue weighted by Crippen LogP contribution is 2.27. The number of hydrogen-bond acceptors (Lipinski definition) is 6. The van der Waals surface area contributed by atoms with Gasteiger partial charge in [0.15, 0.2) is 11.5 Å². The first kappa shape index (κ1) is 18.9. The molecule has 6 nitrogen and oxygen atoms in total. The maximum atomic E-state index is 9.96. The number of rotatable bonds is 10. The van der Waals surface area contributed by atoms with Crippen LogP contribution in [0.1, 0.15) is 5.56 Å². The van der Waals surface area contributed by atoms with E-state index in [0.717, 1.165) is 30.0 Å². The summed E-state index contributed by atoms with van der Waals surface area (Å²) in [4.78, 5) is 0. The van der Waals surface area contributed by atoms with E-state index in [1.807, 2.05) is 18.2 Å². The van der Waals surface area contributed by atoms with Gasteiger partial charge in [-0.25, -0.2) is 0 Å². The second kappa shape index (κ2) is 9.76. The minimum atomic E-state index is -0.581. The lowest BCUT2D eigenvalue weighted by Gasteiger charge is -2.14. The first-order valence-corrected chi connectivity index (χ1v) is 8.20. The third-order valence-corrected chi connectivity index (χ3v) is 3.74. The molecule has 2 aromatic carbocycles. The van der Waals surface area contributed by atoms with Crippen LogP contribution in [0.5, 0.6) is 17.2 Å². The number of anilines is 1. The van der Waals surface area contributed by atoms with E-state index < -0.39 is 6.10 Å². The van der Waals surface area contributed by atoms with Gasteiger partial charge in [0, 0.05) is 12.2 Å². The van der Waals surface area contributed by atoms with Crippen molar-refractivity contribution in [2.45, 2.75) is 12.5 Å². The zero-order valence-corrected chi connectivity index (χ0v) is 14.7. The number of nitrogens with one attached hydrogen (secondary N) is 1. The van der Waals surface area contributed by atoms with Crippen molar-refractivity contribution >= 4 is 5.69 Å². The number of nitrogen functional groups attached to an aromatic ring is 1. The van der Waals surface area contributed by atoms with Crippen molar-refractivity contribution in [3.05, 3.63) is 48.0 Å². The predicted molar refractivity (Wildman–Crippen MR) is 98.5 cm³/mol. The molecule has 0 saturated carbocycles. The molecule has 1 unspecified atom stereocenters. The number of aliphatic hydroxyl groups excluding tert-OH is 1. The molecule has 2 aromatic rings. The molecule has 0 spiro atoms. The normalized spacial score (nSPS) is 11.8. The summed E-state index contributed by atoms with van der Waals surface area (Å²) in [6.07, 6.45) is 0.245. The van der Waals surface area contributed by atoms with Crippen LogP contribution in [0.15, 0.2) is 42.5 Å². The minimum absolute atomic E-state index is 0.229. The molecule has 0 amide bonds. The Morgan fingerprint density at radius 1 is 1.04 bits per heavy atom. The van der Waals surface area contributed by atoms with E-state index in [0.29, 0.717) is 18.0 Å². The van der Waals surface area contributed by atoms with Crippen LogP contribution in [-0.4, -0.2) is 45.1 Å². The highest BCUT2D eigenvalue weighted by Gasteiger charge is 2.07. The molecule has 2 rings (SSSR count). The number of hydrogen-bond donors (Lipinski definition) is 3. The first-order chi connectivity index (χ1) is 12.1. The summed E-state index contributed by atoms with van der Waals surface area (Å²) in [5, 5.41) is 13.2. The Bertz CT molecular complexity index is 646. The lowest BCUT2D eigenvalue weighted by molar-refractivity contribution is 0.106. The fourth-order valence-corrected chi connectivity index (χ4v) is 2.35. The van der Waals surface area contributed by atoms with Gasteiger partial charge in [-0.3, -0.25) is 0 Å². The maximum Gasteiger partial charge on any atom is 0.160 e. The van der Waals surface area contributed by atoms with E-state index in [4.69, 9.17) is 19.9 Å². The third kappa shape index (κ3) is 6.17. The number of benzene rings is 2. The summed E-state index contributed by atoms with van der Waals surface area (Å²) >= 11 is 0. The molecule has 25 heavy (non-hydrogen) atoms. The Hall–Kier alpha value is -2.44. The van der Waals surface area contributed by atoms with Crippen LogP contribution in [0, 0.1) is 0 Å². The van der Waals surface area contributed by atoms with E-state index in [1.165, 1.54) is 0 Å². The average molecular weight is 346 g/mol. The highest BCUT2D eigenvalue weighted by atomic mass is 16.5. The largest absolute Gasteiger partial charge is 0.493 e. The molecule has 0 aliphatic rings. The molecule has 0 heterocycles.